The third kappa shape index (κ3) is 3.09. The fraction of sp³-hybridized carbons (Fsp3) is 0.105. The fourth-order valence-corrected chi connectivity index (χ4v) is 3.05. The highest BCUT2D eigenvalue weighted by atomic mass is 32.2. The predicted octanol–water partition coefficient (Wildman–Crippen LogP) is 4.52. The van der Waals surface area contributed by atoms with E-state index in [0.717, 1.165) is 28.1 Å². The summed E-state index contributed by atoms with van der Waals surface area (Å²) in [5, 5.41) is 11.2. The zero-order valence-electron chi connectivity index (χ0n) is 14.3. The maximum Gasteiger partial charge on any atom is 0.262 e. The number of thioether (sulfide) groups is 1. The van der Waals surface area contributed by atoms with Crippen LogP contribution >= 0.6 is 11.8 Å². The van der Waals surface area contributed by atoms with E-state index in [1.807, 2.05) is 54.8 Å². The van der Waals surface area contributed by atoms with Crippen LogP contribution in [0.15, 0.2) is 64.1 Å². The molecule has 0 aliphatic carbocycles. The molecule has 0 aliphatic rings. The van der Waals surface area contributed by atoms with Gasteiger partial charge in [0.1, 0.15) is 5.75 Å². The minimum absolute atomic E-state index is 0.417. The molecule has 4 aromatic rings. The number of methoxy groups -OCH3 is 1. The van der Waals surface area contributed by atoms with Crippen molar-refractivity contribution in [2.75, 3.05) is 13.4 Å². The molecule has 0 saturated heterocycles. The molecule has 4 rings (SSSR count). The van der Waals surface area contributed by atoms with Crippen LogP contribution < -0.4 is 4.74 Å². The molecule has 0 radical (unpaired) electrons. The number of aromatic nitrogens is 4. The summed E-state index contributed by atoms with van der Waals surface area (Å²) in [6.45, 7) is 0. The molecule has 0 bridgehead atoms. The van der Waals surface area contributed by atoms with Gasteiger partial charge in [0.2, 0.25) is 5.82 Å². The van der Waals surface area contributed by atoms with Gasteiger partial charge in [-0.2, -0.15) is 10.1 Å². The van der Waals surface area contributed by atoms with Crippen LogP contribution in [-0.2, 0) is 0 Å². The Bertz CT molecular complexity index is 1020. The molecule has 2 aromatic carbocycles. The molecular formula is C19H16N4O2S. The summed E-state index contributed by atoms with van der Waals surface area (Å²) >= 11 is 1.69. The summed E-state index contributed by atoms with van der Waals surface area (Å²) in [4.78, 5) is 5.72. The van der Waals surface area contributed by atoms with Gasteiger partial charge < -0.3 is 9.26 Å². The molecule has 0 amide bonds. The molecule has 1 N–H and O–H groups in total. The minimum atomic E-state index is 0.417. The zero-order chi connectivity index (χ0) is 17.9. The molecule has 0 saturated carbocycles. The van der Waals surface area contributed by atoms with Crippen molar-refractivity contribution < 1.29 is 9.26 Å². The predicted molar refractivity (Wildman–Crippen MR) is 101 cm³/mol. The molecule has 0 unspecified atom stereocenters. The van der Waals surface area contributed by atoms with Crippen molar-refractivity contribution in [3.05, 3.63) is 54.7 Å². The monoisotopic (exact) mass is 364 g/mol. The van der Waals surface area contributed by atoms with E-state index < -0.39 is 0 Å². The van der Waals surface area contributed by atoms with Gasteiger partial charge in [-0.05, 0) is 42.7 Å². The fourth-order valence-electron chi connectivity index (χ4n) is 2.64. The molecule has 26 heavy (non-hydrogen) atoms. The SMILES string of the molecule is COc1cccc(-c2[nH]ncc2-c2nc(-c3ccc(SC)cc3)no2)c1. The highest BCUT2D eigenvalue weighted by molar-refractivity contribution is 7.98. The number of benzene rings is 2. The van der Waals surface area contributed by atoms with Crippen LogP contribution in [-0.4, -0.2) is 33.7 Å². The summed E-state index contributed by atoms with van der Waals surface area (Å²) in [6.07, 6.45) is 3.73. The lowest BCUT2D eigenvalue weighted by molar-refractivity contribution is 0.415. The van der Waals surface area contributed by atoms with Gasteiger partial charge in [0, 0.05) is 16.0 Å². The van der Waals surface area contributed by atoms with Gasteiger partial charge in [0.25, 0.3) is 5.89 Å². The number of hydrogen-bond acceptors (Lipinski definition) is 6. The molecule has 0 aliphatic heterocycles. The Balaban J connectivity index is 1.69. The van der Waals surface area contributed by atoms with E-state index in [4.69, 9.17) is 9.26 Å². The normalized spacial score (nSPS) is 10.8. The van der Waals surface area contributed by atoms with E-state index in [-0.39, 0.29) is 0 Å². The van der Waals surface area contributed by atoms with Gasteiger partial charge in [0.15, 0.2) is 0 Å². The van der Waals surface area contributed by atoms with Crippen molar-refractivity contribution in [1.29, 1.82) is 0 Å². The van der Waals surface area contributed by atoms with E-state index in [2.05, 4.69) is 20.3 Å². The molecule has 2 aromatic heterocycles. The minimum Gasteiger partial charge on any atom is -0.497 e. The maximum atomic E-state index is 5.48. The number of ether oxygens (including phenoxy) is 1. The van der Waals surface area contributed by atoms with E-state index >= 15 is 0 Å². The first kappa shape index (κ1) is 16.4. The number of rotatable bonds is 5. The summed E-state index contributed by atoms with van der Waals surface area (Å²) in [6, 6.07) is 15.8. The lowest BCUT2D eigenvalue weighted by Crippen LogP contribution is -1.86. The van der Waals surface area contributed by atoms with Crippen LogP contribution in [0.5, 0.6) is 5.75 Å². The standard InChI is InChI=1S/C19H16N4O2S/c1-24-14-5-3-4-13(10-14)17-16(11-20-22-17)19-21-18(23-25-19)12-6-8-15(26-2)9-7-12/h3-11H,1-2H3,(H,20,22). The lowest BCUT2D eigenvalue weighted by atomic mass is 10.1. The van der Waals surface area contributed by atoms with Gasteiger partial charge in [-0.3, -0.25) is 5.10 Å². The third-order valence-corrected chi connectivity index (χ3v) is 4.75. The van der Waals surface area contributed by atoms with Crippen molar-refractivity contribution in [1.82, 2.24) is 20.3 Å². The highest BCUT2D eigenvalue weighted by Gasteiger charge is 2.17. The smallest absolute Gasteiger partial charge is 0.262 e. The van der Waals surface area contributed by atoms with Crippen molar-refractivity contribution in [2.45, 2.75) is 4.90 Å². The largest absolute Gasteiger partial charge is 0.497 e. The van der Waals surface area contributed by atoms with E-state index in [9.17, 15) is 0 Å². The van der Waals surface area contributed by atoms with Gasteiger partial charge in [0.05, 0.1) is 24.6 Å². The average Bonchev–Trinajstić information content (AvgIpc) is 3.37. The molecule has 7 heteroatoms. The van der Waals surface area contributed by atoms with Crippen molar-refractivity contribution in [3.63, 3.8) is 0 Å². The average molecular weight is 364 g/mol. The first-order chi connectivity index (χ1) is 12.8. The van der Waals surface area contributed by atoms with Crippen molar-refractivity contribution >= 4 is 11.8 Å². The van der Waals surface area contributed by atoms with Gasteiger partial charge in [-0.1, -0.05) is 17.3 Å². The Kier molecular flexibility index (Phi) is 4.45. The maximum absolute atomic E-state index is 5.48. The molecule has 2 heterocycles. The van der Waals surface area contributed by atoms with Crippen LogP contribution in [0.3, 0.4) is 0 Å². The number of H-pyrrole nitrogens is 1. The lowest BCUT2D eigenvalue weighted by Gasteiger charge is -2.03. The first-order valence-corrected chi connectivity index (χ1v) is 9.17. The number of aromatic amines is 1. The van der Waals surface area contributed by atoms with E-state index in [1.165, 1.54) is 4.90 Å². The Morgan fingerprint density at radius 2 is 1.92 bits per heavy atom. The summed E-state index contributed by atoms with van der Waals surface area (Å²) in [5.74, 6) is 1.73. The Morgan fingerprint density at radius 1 is 1.08 bits per heavy atom. The second kappa shape index (κ2) is 7.05. The molecule has 130 valence electrons. The highest BCUT2D eigenvalue weighted by Crippen LogP contribution is 2.32. The van der Waals surface area contributed by atoms with Crippen LogP contribution in [0.1, 0.15) is 0 Å². The van der Waals surface area contributed by atoms with Gasteiger partial charge in [-0.15, -0.1) is 11.8 Å². The number of nitrogens with zero attached hydrogens (tertiary/aromatic N) is 3. The van der Waals surface area contributed by atoms with E-state index in [1.54, 1.807) is 25.1 Å². The number of nitrogens with one attached hydrogen (secondary N) is 1. The van der Waals surface area contributed by atoms with E-state index in [0.29, 0.717) is 11.7 Å². The van der Waals surface area contributed by atoms with Crippen molar-refractivity contribution in [2.24, 2.45) is 0 Å². The van der Waals surface area contributed by atoms with Crippen molar-refractivity contribution in [3.8, 4) is 39.8 Å². The third-order valence-electron chi connectivity index (χ3n) is 4.00. The van der Waals surface area contributed by atoms with Gasteiger partial charge >= 0.3 is 0 Å². The quantitative estimate of drug-likeness (QED) is 0.525. The Morgan fingerprint density at radius 3 is 2.69 bits per heavy atom. The first-order valence-electron chi connectivity index (χ1n) is 7.95. The molecule has 6 nitrogen and oxygen atoms in total. The van der Waals surface area contributed by atoms with Crippen LogP contribution in [0.4, 0.5) is 0 Å². The molecule has 0 fully saturated rings. The van der Waals surface area contributed by atoms with Crippen LogP contribution in [0, 0.1) is 0 Å². The molecule has 0 spiro atoms. The topological polar surface area (TPSA) is 76.8 Å². The van der Waals surface area contributed by atoms with Gasteiger partial charge in [-0.25, -0.2) is 0 Å². The van der Waals surface area contributed by atoms with Crippen LogP contribution in [0.2, 0.25) is 0 Å². The summed E-state index contributed by atoms with van der Waals surface area (Å²) < 4.78 is 10.8. The summed E-state index contributed by atoms with van der Waals surface area (Å²) in [7, 11) is 1.64. The van der Waals surface area contributed by atoms with Crippen LogP contribution in [0.25, 0.3) is 34.1 Å². The molecular weight excluding hydrogens is 348 g/mol. The second-order valence-electron chi connectivity index (χ2n) is 5.54. The Labute approximate surface area is 154 Å². The number of hydrogen-bond donors (Lipinski definition) is 1. The Hall–Kier alpha value is -3.06. The zero-order valence-corrected chi connectivity index (χ0v) is 15.1. The summed E-state index contributed by atoms with van der Waals surface area (Å²) in [5.41, 5.74) is 3.39. The second-order valence-corrected chi connectivity index (χ2v) is 6.42. The molecule has 0 atom stereocenters.